The Labute approximate surface area is 328 Å². The second kappa shape index (κ2) is 17.5. The second-order valence-electron chi connectivity index (χ2n) is 14.2. The van der Waals surface area contributed by atoms with Crippen molar-refractivity contribution in [3.8, 4) is 16.9 Å². The van der Waals surface area contributed by atoms with Gasteiger partial charge >= 0.3 is 6.09 Å². The maximum atomic E-state index is 14.2. The first-order chi connectivity index (χ1) is 27.4. The number of carboxylic acid groups (broad SMARTS) is 1. The minimum Gasteiger partial charge on any atom is -0.497 e. The maximum Gasteiger partial charge on any atom is 0.408 e. The summed E-state index contributed by atoms with van der Waals surface area (Å²) in [4.78, 5) is 28.8. The molecule has 8 heteroatoms. The van der Waals surface area contributed by atoms with Crippen LogP contribution in [0.4, 0.5) is 10.5 Å². The summed E-state index contributed by atoms with van der Waals surface area (Å²) in [5.74, 6) is 0.156. The Kier molecular flexibility index (Phi) is 11.9. The average Bonchev–Trinajstić information content (AvgIpc) is 3.57. The van der Waals surface area contributed by atoms with Gasteiger partial charge in [0.1, 0.15) is 11.8 Å². The van der Waals surface area contributed by atoms with E-state index in [9.17, 15) is 19.8 Å². The molecule has 4 N–H and O–H groups in total. The molecule has 6 aromatic carbocycles. The van der Waals surface area contributed by atoms with E-state index in [-0.39, 0.29) is 19.1 Å². The van der Waals surface area contributed by atoms with E-state index in [1.54, 1.807) is 31.4 Å². The number of carbonyl (C=O) groups excluding carboxylic acids is 1. The number of nitrogens with one attached hydrogen (secondary N) is 2. The van der Waals surface area contributed by atoms with Gasteiger partial charge in [0, 0.05) is 18.2 Å². The first-order valence-electron chi connectivity index (χ1n) is 19.1. The SMILES string of the molecule is COc1ccc(C(NCCCC[C@@H](C(=O)Nc2ccc(CO)cc2)N(CC2c3ccccc3-c3ccccc32)C(=O)O)(c2ccccc2)c2ccccc2)cc1. The lowest BCUT2D eigenvalue weighted by molar-refractivity contribution is -0.121. The van der Waals surface area contributed by atoms with Gasteiger partial charge in [-0.25, -0.2) is 4.79 Å². The third-order valence-electron chi connectivity index (χ3n) is 10.9. The topological polar surface area (TPSA) is 111 Å². The predicted octanol–water partition coefficient (Wildman–Crippen LogP) is 9.04. The molecule has 284 valence electrons. The largest absolute Gasteiger partial charge is 0.497 e. The Bertz CT molecular complexity index is 2140. The Morgan fingerprint density at radius 2 is 1.23 bits per heavy atom. The van der Waals surface area contributed by atoms with Crippen LogP contribution in [0.15, 0.2) is 158 Å². The molecule has 0 aromatic heterocycles. The van der Waals surface area contributed by atoms with Crippen LogP contribution in [0.3, 0.4) is 0 Å². The van der Waals surface area contributed by atoms with Gasteiger partial charge in [0.2, 0.25) is 5.91 Å². The summed E-state index contributed by atoms with van der Waals surface area (Å²) in [6, 6.07) is 51.0. The Morgan fingerprint density at radius 1 is 0.696 bits per heavy atom. The Hall–Kier alpha value is -6.22. The predicted molar refractivity (Wildman–Crippen MR) is 221 cm³/mol. The molecule has 1 aliphatic rings. The number of nitrogens with zero attached hydrogens (tertiary/aromatic N) is 1. The van der Waals surface area contributed by atoms with Crippen LogP contribution in [0.2, 0.25) is 0 Å². The van der Waals surface area contributed by atoms with E-state index in [0.717, 1.165) is 50.3 Å². The lowest BCUT2D eigenvalue weighted by Crippen LogP contribution is -2.48. The zero-order valence-corrected chi connectivity index (χ0v) is 31.5. The Balaban J connectivity index is 1.16. The number of amides is 2. The normalized spacial score (nSPS) is 12.7. The first-order valence-corrected chi connectivity index (χ1v) is 19.1. The minimum absolute atomic E-state index is 0.115. The van der Waals surface area contributed by atoms with Gasteiger partial charge in [-0.1, -0.05) is 133 Å². The Morgan fingerprint density at radius 3 is 1.77 bits per heavy atom. The summed E-state index contributed by atoms with van der Waals surface area (Å²) >= 11 is 0. The molecule has 6 aromatic rings. The van der Waals surface area contributed by atoms with Gasteiger partial charge in [0.15, 0.2) is 0 Å². The van der Waals surface area contributed by atoms with E-state index in [4.69, 9.17) is 4.74 Å². The number of carbonyl (C=O) groups is 2. The van der Waals surface area contributed by atoms with Gasteiger partial charge < -0.3 is 20.3 Å². The molecular formula is C48H47N3O5. The fourth-order valence-electron chi connectivity index (χ4n) is 8.10. The molecule has 1 atom stereocenters. The number of rotatable bonds is 16. The van der Waals surface area contributed by atoms with E-state index < -0.39 is 23.6 Å². The van der Waals surface area contributed by atoms with E-state index in [0.29, 0.717) is 31.5 Å². The van der Waals surface area contributed by atoms with Gasteiger partial charge in [0.25, 0.3) is 0 Å². The summed E-state index contributed by atoms with van der Waals surface area (Å²) in [6.45, 7) is 0.602. The number of unbranched alkanes of at least 4 members (excludes halogenated alkanes) is 1. The van der Waals surface area contributed by atoms with Gasteiger partial charge in [0.05, 0.1) is 19.3 Å². The quantitative estimate of drug-likeness (QED) is 0.0582. The van der Waals surface area contributed by atoms with Crippen molar-refractivity contribution in [1.82, 2.24) is 10.2 Å². The fourth-order valence-corrected chi connectivity index (χ4v) is 8.10. The number of aliphatic hydroxyl groups is 1. The third kappa shape index (κ3) is 7.94. The molecule has 0 unspecified atom stereocenters. The van der Waals surface area contributed by atoms with Crippen LogP contribution in [0, 0.1) is 0 Å². The number of hydrogen-bond donors (Lipinski definition) is 4. The van der Waals surface area contributed by atoms with Crippen molar-refractivity contribution in [2.45, 2.75) is 43.4 Å². The molecule has 0 saturated heterocycles. The molecular weight excluding hydrogens is 699 g/mol. The lowest BCUT2D eigenvalue weighted by Gasteiger charge is -2.37. The number of anilines is 1. The third-order valence-corrected chi connectivity index (χ3v) is 10.9. The van der Waals surface area contributed by atoms with Crippen LogP contribution >= 0.6 is 0 Å². The van der Waals surface area contributed by atoms with E-state index >= 15 is 0 Å². The molecule has 0 bridgehead atoms. The molecule has 0 spiro atoms. The van der Waals surface area contributed by atoms with Crippen molar-refractivity contribution < 1.29 is 24.5 Å². The number of fused-ring (bicyclic) bond motifs is 3. The van der Waals surface area contributed by atoms with Crippen molar-refractivity contribution in [1.29, 1.82) is 0 Å². The van der Waals surface area contributed by atoms with Gasteiger partial charge in [-0.3, -0.25) is 15.0 Å². The van der Waals surface area contributed by atoms with Gasteiger partial charge in [-0.2, -0.15) is 0 Å². The smallest absolute Gasteiger partial charge is 0.408 e. The standard InChI is InChI=1S/C48H47N3O5/c1-56-39-29-25-37(26-30-39)48(35-14-4-2-5-15-35,36-16-6-3-7-17-36)49-31-13-12-22-45(46(53)50-38-27-23-34(33-52)24-28-38)51(47(54)55)32-44-42-20-10-8-18-40(42)41-19-9-11-21-43(41)44/h2-11,14-21,23-30,44-45,49,52H,12-13,22,31-33H2,1H3,(H,50,53)(H,54,55)/t45-/m0/s1. The van der Waals surface area contributed by atoms with E-state index in [1.807, 2.05) is 72.8 Å². The zero-order valence-electron chi connectivity index (χ0n) is 31.5. The highest BCUT2D eigenvalue weighted by molar-refractivity contribution is 5.96. The molecule has 8 nitrogen and oxygen atoms in total. The van der Waals surface area contributed by atoms with Crippen LogP contribution in [0.1, 0.15) is 58.6 Å². The minimum atomic E-state index is -1.15. The fraction of sp³-hybridized carbons (Fsp3) is 0.208. The van der Waals surface area contributed by atoms with Crippen molar-refractivity contribution in [2.75, 3.05) is 25.5 Å². The van der Waals surface area contributed by atoms with Crippen molar-refractivity contribution in [2.24, 2.45) is 0 Å². The monoisotopic (exact) mass is 745 g/mol. The summed E-state index contributed by atoms with van der Waals surface area (Å²) in [5.41, 5.74) is 8.06. The van der Waals surface area contributed by atoms with Crippen molar-refractivity contribution >= 4 is 17.7 Å². The summed E-state index contributed by atoms with van der Waals surface area (Å²) in [6.07, 6.45) is 0.428. The number of benzene rings is 6. The van der Waals surface area contributed by atoms with Crippen LogP contribution in [-0.2, 0) is 16.9 Å². The number of methoxy groups -OCH3 is 1. The molecule has 0 radical (unpaired) electrons. The number of aliphatic hydroxyl groups excluding tert-OH is 1. The molecule has 56 heavy (non-hydrogen) atoms. The maximum absolute atomic E-state index is 14.2. The van der Waals surface area contributed by atoms with Crippen LogP contribution in [0.5, 0.6) is 5.75 Å². The van der Waals surface area contributed by atoms with Crippen LogP contribution < -0.4 is 15.4 Å². The van der Waals surface area contributed by atoms with Gasteiger partial charge in [-0.05, 0) is 94.6 Å². The summed E-state index contributed by atoms with van der Waals surface area (Å²) < 4.78 is 5.50. The molecule has 7 rings (SSSR count). The van der Waals surface area contributed by atoms with Crippen molar-refractivity contribution in [3.63, 3.8) is 0 Å². The summed E-state index contributed by atoms with van der Waals surface area (Å²) in [7, 11) is 1.66. The highest BCUT2D eigenvalue weighted by atomic mass is 16.5. The average molecular weight is 746 g/mol. The number of hydrogen-bond acceptors (Lipinski definition) is 5. The highest BCUT2D eigenvalue weighted by Gasteiger charge is 2.38. The molecule has 1 aliphatic carbocycles. The molecule has 0 aliphatic heterocycles. The van der Waals surface area contributed by atoms with Crippen LogP contribution in [-0.4, -0.2) is 53.4 Å². The molecule has 2 amide bonds. The lowest BCUT2D eigenvalue weighted by atomic mass is 9.77. The second-order valence-corrected chi connectivity index (χ2v) is 14.2. The molecule has 0 saturated carbocycles. The molecule has 0 fully saturated rings. The van der Waals surface area contributed by atoms with Crippen LogP contribution in [0.25, 0.3) is 11.1 Å². The number of ether oxygens (including phenoxy) is 1. The van der Waals surface area contributed by atoms with E-state index in [1.165, 1.54) is 4.90 Å². The highest BCUT2D eigenvalue weighted by Crippen LogP contribution is 2.45. The van der Waals surface area contributed by atoms with Crippen molar-refractivity contribution in [3.05, 3.63) is 191 Å². The summed E-state index contributed by atoms with van der Waals surface area (Å²) in [5, 5.41) is 27.2. The van der Waals surface area contributed by atoms with Gasteiger partial charge in [-0.15, -0.1) is 0 Å². The molecule has 0 heterocycles. The zero-order chi connectivity index (χ0) is 38.9. The first kappa shape index (κ1) is 38.1. The van der Waals surface area contributed by atoms with E-state index in [2.05, 4.69) is 71.3 Å².